The maximum Gasteiger partial charge on any atom is 0.424 e. The molecular formula is C26H33N3O9. The summed E-state index contributed by atoms with van der Waals surface area (Å²) in [6.45, 7) is 9.71. The molecule has 0 bridgehead atoms. The van der Waals surface area contributed by atoms with Crippen molar-refractivity contribution in [2.45, 2.75) is 71.6 Å². The van der Waals surface area contributed by atoms with Crippen LogP contribution in [0, 0.1) is 0 Å². The van der Waals surface area contributed by atoms with Crippen molar-refractivity contribution in [3.05, 3.63) is 29.3 Å². The minimum absolute atomic E-state index is 0.0237. The number of likely N-dealkylation sites (tertiary alicyclic amines) is 1. The van der Waals surface area contributed by atoms with Crippen molar-refractivity contribution in [2.24, 2.45) is 0 Å². The molecule has 1 saturated heterocycles. The minimum atomic E-state index is -1.23. The third kappa shape index (κ3) is 5.85. The van der Waals surface area contributed by atoms with Gasteiger partial charge in [-0.15, -0.1) is 0 Å². The Bertz CT molecular complexity index is 1150. The molecule has 0 radical (unpaired) electrons. The van der Waals surface area contributed by atoms with Crippen molar-refractivity contribution < 1.29 is 43.0 Å². The van der Waals surface area contributed by atoms with Crippen LogP contribution in [0.1, 0.15) is 75.1 Å². The third-order valence-electron chi connectivity index (χ3n) is 5.63. The highest BCUT2D eigenvalue weighted by atomic mass is 16.6. The van der Waals surface area contributed by atoms with Crippen LogP contribution in [0.25, 0.3) is 0 Å². The van der Waals surface area contributed by atoms with Gasteiger partial charge in [0, 0.05) is 13.5 Å². The van der Waals surface area contributed by atoms with Crippen LogP contribution in [0.2, 0.25) is 0 Å². The van der Waals surface area contributed by atoms with Crippen molar-refractivity contribution >= 4 is 41.5 Å². The van der Waals surface area contributed by atoms with Gasteiger partial charge >= 0.3 is 12.2 Å². The highest BCUT2D eigenvalue weighted by molar-refractivity contribution is 6.27. The first kappa shape index (κ1) is 28.8. The molecule has 206 valence electrons. The van der Waals surface area contributed by atoms with Gasteiger partial charge in [-0.3, -0.25) is 29.0 Å². The van der Waals surface area contributed by atoms with Gasteiger partial charge in [0.1, 0.15) is 17.2 Å². The van der Waals surface area contributed by atoms with E-state index in [9.17, 15) is 28.8 Å². The van der Waals surface area contributed by atoms with E-state index >= 15 is 0 Å². The van der Waals surface area contributed by atoms with Crippen LogP contribution < -0.4 is 4.90 Å². The first-order valence-corrected chi connectivity index (χ1v) is 12.2. The van der Waals surface area contributed by atoms with Crippen molar-refractivity contribution in [1.29, 1.82) is 0 Å². The Morgan fingerprint density at radius 3 is 2.05 bits per heavy atom. The zero-order valence-corrected chi connectivity index (χ0v) is 22.7. The molecule has 1 unspecified atom stereocenters. The molecule has 6 amide bonds. The van der Waals surface area contributed by atoms with Gasteiger partial charge in [0.05, 0.1) is 30.0 Å². The van der Waals surface area contributed by atoms with E-state index in [1.165, 1.54) is 25.3 Å². The molecule has 1 aromatic rings. The topological polar surface area (TPSA) is 140 Å². The first-order chi connectivity index (χ1) is 17.6. The number of amides is 6. The fourth-order valence-electron chi connectivity index (χ4n) is 4.12. The van der Waals surface area contributed by atoms with E-state index < -0.39 is 53.1 Å². The van der Waals surface area contributed by atoms with Gasteiger partial charge in [-0.1, -0.05) is 6.07 Å². The lowest BCUT2D eigenvalue weighted by Crippen LogP contribution is -2.56. The van der Waals surface area contributed by atoms with Crippen molar-refractivity contribution in [3.8, 4) is 0 Å². The van der Waals surface area contributed by atoms with Gasteiger partial charge < -0.3 is 14.2 Å². The molecule has 2 aliphatic rings. The zero-order valence-electron chi connectivity index (χ0n) is 22.7. The predicted molar refractivity (Wildman–Crippen MR) is 134 cm³/mol. The van der Waals surface area contributed by atoms with E-state index in [1.54, 1.807) is 41.5 Å². The molecule has 1 aromatic carbocycles. The summed E-state index contributed by atoms with van der Waals surface area (Å²) in [5.74, 6) is -2.79. The average Bonchev–Trinajstić information content (AvgIpc) is 3.02. The first-order valence-electron chi connectivity index (χ1n) is 12.2. The molecule has 2 heterocycles. The normalized spacial score (nSPS) is 18.0. The standard InChI is InChI=1S/C26H33N3O9/c1-25(2,3)37-23(34)29(24(35)38-26(4,5)6)16-10-8-9-15-19(16)22(33)28(20(15)31)17-11-12-18(30)27(21(17)32)13-14-36-7/h8-10,17H,11-14H2,1-7H3. The second-order valence-electron chi connectivity index (χ2n) is 10.9. The maximum absolute atomic E-state index is 13.7. The lowest BCUT2D eigenvalue weighted by Gasteiger charge is -2.34. The van der Waals surface area contributed by atoms with E-state index in [4.69, 9.17) is 14.2 Å². The van der Waals surface area contributed by atoms with Gasteiger partial charge in [0.15, 0.2) is 0 Å². The molecule has 2 aliphatic heterocycles. The number of methoxy groups -OCH3 is 1. The lowest BCUT2D eigenvalue weighted by molar-refractivity contribution is -0.152. The van der Waals surface area contributed by atoms with E-state index in [-0.39, 0.29) is 42.8 Å². The quantitative estimate of drug-likeness (QED) is 0.524. The average molecular weight is 532 g/mol. The summed E-state index contributed by atoms with van der Waals surface area (Å²) in [7, 11) is 1.42. The summed E-state index contributed by atoms with van der Waals surface area (Å²) in [6, 6.07) is 2.85. The summed E-state index contributed by atoms with van der Waals surface area (Å²) in [5.41, 5.74) is -2.55. The summed E-state index contributed by atoms with van der Waals surface area (Å²) in [4.78, 5) is 81.2. The Labute approximate surface area is 220 Å². The number of carbonyl (C=O) groups excluding carboxylic acids is 6. The van der Waals surface area contributed by atoms with Crippen LogP contribution in [0.4, 0.5) is 15.3 Å². The summed E-state index contributed by atoms with van der Waals surface area (Å²) in [5, 5.41) is 0. The lowest BCUT2D eigenvalue weighted by atomic mass is 10.0. The van der Waals surface area contributed by atoms with Crippen molar-refractivity contribution in [1.82, 2.24) is 9.80 Å². The second-order valence-corrected chi connectivity index (χ2v) is 10.9. The van der Waals surface area contributed by atoms with Crippen LogP contribution in [0.3, 0.4) is 0 Å². The number of anilines is 1. The van der Waals surface area contributed by atoms with Gasteiger partial charge in [-0.05, 0) is 60.1 Å². The summed E-state index contributed by atoms with van der Waals surface area (Å²) in [6.07, 6.45) is -2.32. The van der Waals surface area contributed by atoms with E-state index in [1.807, 2.05) is 0 Å². The van der Waals surface area contributed by atoms with Crippen LogP contribution in [-0.4, -0.2) is 83.1 Å². The van der Waals surface area contributed by atoms with E-state index in [0.29, 0.717) is 4.90 Å². The number of nitrogens with zero attached hydrogens (tertiary/aromatic N) is 3. The van der Waals surface area contributed by atoms with E-state index in [0.717, 1.165) is 9.80 Å². The minimum Gasteiger partial charge on any atom is -0.443 e. The molecule has 3 rings (SSSR count). The predicted octanol–water partition coefficient (Wildman–Crippen LogP) is 3.12. The highest BCUT2D eigenvalue weighted by Crippen LogP contribution is 2.36. The molecule has 0 saturated carbocycles. The zero-order chi connectivity index (χ0) is 28.6. The molecule has 0 aliphatic carbocycles. The Hall–Kier alpha value is -3.80. The molecule has 0 aromatic heterocycles. The Morgan fingerprint density at radius 1 is 0.947 bits per heavy atom. The van der Waals surface area contributed by atoms with Crippen LogP contribution >= 0.6 is 0 Å². The summed E-state index contributed by atoms with van der Waals surface area (Å²) < 4.78 is 15.8. The number of carbonyl (C=O) groups is 6. The van der Waals surface area contributed by atoms with Crippen LogP contribution in [0.5, 0.6) is 0 Å². The van der Waals surface area contributed by atoms with Crippen molar-refractivity contribution in [3.63, 3.8) is 0 Å². The third-order valence-corrected chi connectivity index (χ3v) is 5.63. The van der Waals surface area contributed by atoms with Gasteiger partial charge in [0.2, 0.25) is 5.91 Å². The number of ether oxygens (including phenoxy) is 3. The smallest absolute Gasteiger partial charge is 0.424 e. The Morgan fingerprint density at radius 2 is 1.53 bits per heavy atom. The van der Waals surface area contributed by atoms with Crippen molar-refractivity contribution in [2.75, 3.05) is 25.2 Å². The van der Waals surface area contributed by atoms with Crippen LogP contribution in [0.15, 0.2) is 18.2 Å². The number of piperidine rings is 1. The molecule has 1 atom stereocenters. The second kappa shape index (κ2) is 10.5. The molecule has 12 nitrogen and oxygen atoms in total. The highest BCUT2D eigenvalue weighted by Gasteiger charge is 2.49. The van der Waals surface area contributed by atoms with Gasteiger partial charge in [-0.25, -0.2) is 9.59 Å². The number of hydrogen-bond acceptors (Lipinski definition) is 9. The number of benzene rings is 1. The molecule has 0 spiro atoms. The molecular weight excluding hydrogens is 498 g/mol. The largest absolute Gasteiger partial charge is 0.443 e. The van der Waals surface area contributed by atoms with Crippen LogP contribution in [-0.2, 0) is 23.8 Å². The number of fused-ring (bicyclic) bond motifs is 1. The fraction of sp³-hybridized carbons (Fsp3) is 0.538. The molecule has 1 fully saturated rings. The Kier molecular flexibility index (Phi) is 7.96. The fourth-order valence-corrected chi connectivity index (χ4v) is 4.12. The number of imide groups is 3. The van der Waals surface area contributed by atoms with Gasteiger partial charge in [0.25, 0.3) is 17.7 Å². The number of hydrogen-bond donors (Lipinski definition) is 0. The SMILES string of the molecule is COCCN1C(=O)CCC(N2C(=O)c3cccc(N(C(=O)OC(C)(C)C)C(=O)OC(C)(C)C)c3C2=O)C1=O. The Balaban J connectivity index is 2.05. The summed E-state index contributed by atoms with van der Waals surface area (Å²) >= 11 is 0. The molecule has 12 heteroatoms. The molecule has 0 N–H and O–H groups in total. The molecule has 38 heavy (non-hydrogen) atoms. The monoisotopic (exact) mass is 531 g/mol. The van der Waals surface area contributed by atoms with E-state index in [2.05, 4.69) is 0 Å². The maximum atomic E-state index is 13.7. The number of rotatable bonds is 5. The van der Waals surface area contributed by atoms with Gasteiger partial charge in [-0.2, -0.15) is 4.90 Å².